The third-order valence-electron chi connectivity index (χ3n) is 4.81. The molecule has 1 aromatic rings. The molecule has 0 aromatic carbocycles. The third-order valence-corrected chi connectivity index (χ3v) is 4.81. The normalized spacial score (nSPS) is 21.4. The monoisotopic (exact) mass is 289 g/mol. The van der Waals surface area contributed by atoms with E-state index >= 15 is 0 Å². The molecule has 0 radical (unpaired) electrons. The molecule has 2 heterocycles. The van der Waals surface area contributed by atoms with Crippen LogP contribution in [0, 0.1) is 11.8 Å². The number of anilines is 1. The summed E-state index contributed by atoms with van der Waals surface area (Å²) < 4.78 is 0. The Balaban J connectivity index is 2.14. The number of nitrogens with one attached hydrogen (secondary N) is 1. The van der Waals surface area contributed by atoms with Gasteiger partial charge in [-0.25, -0.2) is 4.98 Å². The van der Waals surface area contributed by atoms with E-state index < -0.39 is 0 Å². The van der Waals surface area contributed by atoms with Crippen LogP contribution < -0.4 is 10.2 Å². The molecule has 3 heteroatoms. The average Bonchev–Trinajstić information content (AvgIpc) is 2.73. The number of aromatic nitrogens is 1. The van der Waals surface area contributed by atoms with Crippen molar-refractivity contribution < 1.29 is 0 Å². The van der Waals surface area contributed by atoms with Gasteiger partial charge in [-0.15, -0.1) is 0 Å². The van der Waals surface area contributed by atoms with E-state index in [1.54, 1.807) is 0 Å². The van der Waals surface area contributed by atoms with Crippen LogP contribution in [-0.2, 0) is 0 Å². The minimum Gasteiger partial charge on any atom is -0.356 e. The average molecular weight is 289 g/mol. The van der Waals surface area contributed by atoms with Crippen molar-refractivity contribution in [3.8, 4) is 0 Å². The fourth-order valence-corrected chi connectivity index (χ4v) is 3.43. The number of hydrogen-bond donors (Lipinski definition) is 1. The summed E-state index contributed by atoms with van der Waals surface area (Å²) in [4.78, 5) is 7.21. The fourth-order valence-electron chi connectivity index (χ4n) is 3.43. The third kappa shape index (κ3) is 4.19. The van der Waals surface area contributed by atoms with E-state index in [2.05, 4.69) is 50.0 Å². The van der Waals surface area contributed by atoms with Gasteiger partial charge in [0.1, 0.15) is 5.82 Å². The van der Waals surface area contributed by atoms with Crippen molar-refractivity contribution in [1.29, 1.82) is 0 Å². The van der Waals surface area contributed by atoms with E-state index in [-0.39, 0.29) is 0 Å². The number of pyridine rings is 1. The molecule has 0 spiro atoms. The quantitative estimate of drug-likeness (QED) is 0.887. The van der Waals surface area contributed by atoms with Gasteiger partial charge < -0.3 is 10.2 Å². The van der Waals surface area contributed by atoms with Crippen molar-refractivity contribution >= 4 is 5.82 Å². The summed E-state index contributed by atoms with van der Waals surface area (Å²) in [5, 5.41) is 3.52. The van der Waals surface area contributed by atoms with Gasteiger partial charge in [-0.05, 0) is 50.6 Å². The highest BCUT2D eigenvalue weighted by atomic mass is 15.2. The zero-order valence-corrected chi connectivity index (χ0v) is 14.1. The van der Waals surface area contributed by atoms with Crippen LogP contribution in [0.5, 0.6) is 0 Å². The van der Waals surface area contributed by atoms with Crippen molar-refractivity contribution in [3.63, 3.8) is 0 Å². The van der Waals surface area contributed by atoms with Crippen LogP contribution in [0.3, 0.4) is 0 Å². The van der Waals surface area contributed by atoms with Crippen LogP contribution in [0.2, 0.25) is 0 Å². The molecule has 1 aliphatic heterocycles. The molecule has 1 saturated heterocycles. The second kappa shape index (κ2) is 7.79. The van der Waals surface area contributed by atoms with Crippen LogP contribution in [-0.4, -0.2) is 24.6 Å². The van der Waals surface area contributed by atoms with Gasteiger partial charge in [0, 0.05) is 30.9 Å². The van der Waals surface area contributed by atoms with Crippen molar-refractivity contribution in [2.45, 2.75) is 53.0 Å². The Morgan fingerprint density at radius 1 is 1.29 bits per heavy atom. The zero-order chi connectivity index (χ0) is 15.2. The Morgan fingerprint density at radius 2 is 2.10 bits per heavy atom. The highest BCUT2D eigenvalue weighted by Gasteiger charge is 2.22. The molecule has 2 unspecified atom stereocenters. The summed E-state index contributed by atoms with van der Waals surface area (Å²) in [5.74, 6) is 2.86. The van der Waals surface area contributed by atoms with E-state index in [1.165, 1.54) is 30.6 Å². The molecule has 118 valence electrons. The van der Waals surface area contributed by atoms with Crippen LogP contribution >= 0.6 is 0 Å². The lowest BCUT2D eigenvalue weighted by Crippen LogP contribution is -2.29. The summed E-state index contributed by atoms with van der Waals surface area (Å²) in [6.45, 7) is 12.4. The van der Waals surface area contributed by atoms with Crippen molar-refractivity contribution in [3.05, 3.63) is 23.9 Å². The molecule has 1 fully saturated rings. The van der Waals surface area contributed by atoms with Crippen LogP contribution in [0.4, 0.5) is 5.82 Å². The smallest absolute Gasteiger partial charge is 0.133 e. The maximum atomic E-state index is 4.70. The highest BCUT2D eigenvalue weighted by Crippen LogP contribution is 2.29. The molecule has 1 N–H and O–H groups in total. The van der Waals surface area contributed by atoms with Gasteiger partial charge in [-0.3, -0.25) is 0 Å². The van der Waals surface area contributed by atoms with Gasteiger partial charge in [-0.2, -0.15) is 0 Å². The van der Waals surface area contributed by atoms with E-state index in [0.717, 1.165) is 31.5 Å². The van der Waals surface area contributed by atoms with Crippen LogP contribution in [0.15, 0.2) is 18.3 Å². The molecule has 0 saturated carbocycles. The number of nitrogens with zero attached hydrogens (tertiary/aromatic N) is 2. The minimum absolute atomic E-state index is 0.364. The Morgan fingerprint density at radius 3 is 2.81 bits per heavy atom. The van der Waals surface area contributed by atoms with E-state index in [9.17, 15) is 0 Å². The number of hydrogen-bond acceptors (Lipinski definition) is 3. The first kappa shape index (κ1) is 16.3. The lowest BCUT2D eigenvalue weighted by Gasteiger charge is -2.27. The topological polar surface area (TPSA) is 28.2 Å². The largest absolute Gasteiger partial charge is 0.356 e. The summed E-state index contributed by atoms with van der Waals surface area (Å²) in [6, 6.07) is 4.64. The Bertz CT molecular complexity index is 430. The fraction of sp³-hybridized carbons (Fsp3) is 0.722. The highest BCUT2D eigenvalue weighted by molar-refractivity contribution is 5.48. The summed E-state index contributed by atoms with van der Waals surface area (Å²) >= 11 is 0. The number of rotatable bonds is 5. The maximum Gasteiger partial charge on any atom is 0.133 e. The molecule has 0 aliphatic carbocycles. The molecule has 0 bridgehead atoms. The first-order valence-electron chi connectivity index (χ1n) is 8.56. The Labute approximate surface area is 130 Å². The lowest BCUT2D eigenvalue weighted by atomic mass is 9.89. The second-order valence-corrected chi connectivity index (χ2v) is 6.62. The van der Waals surface area contributed by atoms with Gasteiger partial charge in [-0.1, -0.05) is 26.8 Å². The molecule has 2 rings (SSSR count). The van der Waals surface area contributed by atoms with E-state index in [4.69, 9.17) is 4.98 Å². The van der Waals surface area contributed by atoms with Crippen LogP contribution in [0.25, 0.3) is 0 Å². The maximum absolute atomic E-state index is 4.70. The van der Waals surface area contributed by atoms with Gasteiger partial charge in [0.25, 0.3) is 0 Å². The minimum atomic E-state index is 0.364. The predicted octanol–water partition coefficient (Wildman–Crippen LogP) is 4.01. The van der Waals surface area contributed by atoms with Crippen molar-refractivity contribution in [2.24, 2.45) is 11.8 Å². The van der Waals surface area contributed by atoms with Crippen molar-refractivity contribution in [1.82, 2.24) is 10.3 Å². The molecule has 1 aromatic heterocycles. The molecule has 2 atom stereocenters. The Hall–Kier alpha value is -1.09. The zero-order valence-electron chi connectivity index (χ0n) is 14.1. The predicted molar refractivity (Wildman–Crippen MR) is 90.7 cm³/mol. The SMILES string of the molecule is CCNC(C)c1cccnc1N1CCCC(C(C)C)CC1. The molecular weight excluding hydrogens is 258 g/mol. The summed E-state index contributed by atoms with van der Waals surface area (Å²) in [7, 11) is 0. The van der Waals surface area contributed by atoms with Crippen molar-refractivity contribution in [2.75, 3.05) is 24.5 Å². The Kier molecular flexibility index (Phi) is 6.04. The van der Waals surface area contributed by atoms with E-state index in [1.807, 2.05) is 6.20 Å². The van der Waals surface area contributed by atoms with Gasteiger partial charge in [0.2, 0.25) is 0 Å². The van der Waals surface area contributed by atoms with Gasteiger partial charge in [0.05, 0.1) is 0 Å². The first-order chi connectivity index (χ1) is 10.1. The van der Waals surface area contributed by atoms with Gasteiger partial charge in [0.15, 0.2) is 0 Å². The first-order valence-corrected chi connectivity index (χ1v) is 8.56. The molecular formula is C18H31N3. The van der Waals surface area contributed by atoms with E-state index in [0.29, 0.717) is 6.04 Å². The molecule has 3 nitrogen and oxygen atoms in total. The molecule has 0 amide bonds. The molecule has 21 heavy (non-hydrogen) atoms. The summed E-state index contributed by atoms with van der Waals surface area (Å²) in [6.07, 6.45) is 5.87. The van der Waals surface area contributed by atoms with Gasteiger partial charge >= 0.3 is 0 Å². The standard InChI is InChI=1S/C18H31N3/c1-5-19-15(4)17-9-6-11-20-18(17)21-12-7-8-16(10-13-21)14(2)3/h6,9,11,14-16,19H,5,7-8,10,12-13H2,1-4H3. The second-order valence-electron chi connectivity index (χ2n) is 6.62. The van der Waals surface area contributed by atoms with Crippen LogP contribution in [0.1, 0.15) is 58.6 Å². The summed E-state index contributed by atoms with van der Waals surface area (Å²) in [5.41, 5.74) is 1.34. The lowest BCUT2D eigenvalue weighted by molar-refractivity contribution is 0.351. The molecule has 1 aliphatic rings.